The quantitative estimate of drug-likeness (QED) is 0.247. The molecule has 174 valence electrons. The largest absolute Gasteiger partial charge is 0.465 e. The van der Waals surface area contributed by atoms with E-state index in [4.69, 9.17) is 9.47 Å². The Labute approximate surface area is 204 Å². The van der Waals surface area contributed by atoms with Gasteiger partial charge in [0.1, 0.15) is 5.75 Å². The van der Waals surface area contributed by atoms with Crippen LogP contribution in [0.2, 0.25) is 0 Å². The van der Waals surface area contributed by atoms with E-state index in [-0.39, 0.29) is 30.6 Å². The number of esters is 2. The predicted molar refractivity (Wildman–Crippen MR) is 134 cm³/mol. The van der Waals surface area contributed by atoms with E-state index in [1.807, 2.05) is 36.4 Å². The lowest BCUT2D eigenvalue weighted by molar-refractivity contribution is -0.148. The van der Waals surface area contributed by atoms with Gasteiger partial charge in [0.2, 0.25) is 0 Å². The summed E-state index contributed by atoms with van der Waals surface area (Å²) in [6.45, 7) is 0.362. The summed E-state index contributed by atoms with van der Waals surface area (Å²) in [5, 5.41) is 1.88. The van der Waals surface area contributed by atoms with Crippen LogP contribution in [-0.4, -0.2) is 18.5 Å². The lowest BCUT2D eigenvalue weighted by Crippen LogP contribution is -2.35. The van der Waals surface area contributed by atoms with Crippen LogP contribution in [0.15, 0.2) is 91.0 Å². The summed E-state index contributed by atoms with van der Waals surface area (Å²) in [6.07, 6.45) is 0.969. The van der Waals surface area contributed by atoms with Crippen LogP contribution in [0.25, 0.3) is 10.8 Å². The first-order valence-electron chi connectivity index (χ1n) is 12.2. The van der Waals surface area contributed by atoms with E-state index in [0.717, 1.165) is 17.2 Å². The normalized spacial score (nSPS) is 19.6. The highest BCUT2D eigenvalue weighted by molar-refractivity contribution is 5.90. The summed E-state index contributed by atoms with van der Waals surface area (Å²) in [4.78, 5) is 24.9. The first-order valence-corrected chi connectivity index (χ1v) is 12.2. The highest BCUT2D eigenvalue weighted by Gasteiger charge is 2.43. The van der Waals surface area contributed by atoms with Gasteiger partial charge in [-0.05, 0) is 40.1 Å². The summed E-state index contributed by atoms with van der Waals surface area (Å²) in [5.41, 5.74) is 5.49. The van der Waals surface area contributed by atoms with E-state index in [2.05, 4.69) is 48.5 Å². The van der Waals surface area contributed by atoms with Crippen LogP contribution in [0.5, 0.6) is 5.75 Å². The van der Waals surface area contributed by atoms with Gasteiger partial charge in [-0.25, -0.2) is 0 Å². The molecule has 4 aromatic carbocycles. The number of ether oxygens (including phenoxy) is 2. The zero-order valence-electron chi connectivity index (χ0n) is 19.4. The molecule has 1 atom stereocenters. The lowest BCUT2D eigenvalue weighted by Gasteiger charge is -2.45. The number of carbonyl (C=O) groups is 2. The highest BCUT2D eigenvalue weighted by atomic mass is 16.5. The Bertz CT molecular complexity index is 1370. The van der Waals surface area contributed by atoms with Gasteiger partial charge < -0.3 is 9.47 Å². The molecular weight excluding hydrogens is 436 g/mol. The maximum atomic E-state index is 12.5. The molecule has 0 aromatic heterocycles. The monoisotopic (exact) mass is 462 g/mol. The van der Waals surface area contributed by atoms with E-state index in [1.165, 1.54) is 22.3 Å². The Balaban J connectivity index is 1.08. The maximum Gasteiger partial charge on any atom is 0.311 e. The minimum absolute atomic E-state index is 0.00948. The number of rotatable bonds is 6. The molecule has 0 spiro atoms. The van der Waals surface area contributed by atoms with Crippen molar-refractivity contribution in [3.63, 3.8) is 0 Å². The molecule has 0 fully saturated rings. The molecule has 0 radical (unpaired) electrons. The molecular formula is C31H26O4. The summed E-state index contributed by atoms with van der Waals surface area (Å²) < 4.78 is 11.2. The molecule has 3 aliphatic carbocycles. The first kappa shape index (κ1) is 21.6. The van der Waals surface area contributed by atoms with Gasteiger partial charge in [0, 0.05) is 23.1 Å². The molecule has 35 heavy (non-hydrogen) atoms. The molecule has 0 N–H and O–H groups in total. The van der Waals surface area contributed by atoms with Crippen LogP contribution in [0.4, 0.5) is 0 Å². The Kier molecular flexibility index (Phi) is 5.57. The van der Waals surface area contributed by atoms with E-state index < -0.39 is 5.97 Å². The predicted octanol–water partition coefficient (Wildman–Crippen LogP) is 6.37. The second-order valence-corrected chi connectivity index (χ2v) is 9.42. The number of carbonyl (C=O) groups excluding carboxylic acids is 2. The topological polar surface area (TPSA) is 52.6 Å². The second kappa shape index (κ2) is 9.03. The summed E-state index contributed by atoms with van der Waals surface area (Å²) in [5.74, 6) is 0.525. The van der Waals surface area contributed by atoms with Gasteiger partial charge in [-0.3, -0.25) is 9.59 Å². The fourth-order valence-corrected chi connectivity index (χ4v) is 5.86. The van der Waals surface area contributed by atoms with Gasteiger partial charge in [-0.1, -0.05) is 84.9 Å². The van der Waals surface area contributed by atoms with Crippen LogP contribution >= 0.6 is 0 Å². The second-order valence-electron chi connectivity index (χ2n) is 9.42. The third kappa shape index (κ3) is 3.99. The van der Waals surface area contributed by atoms with Crippen LogP contribution in [0.3, 0.4) is 0 Å². The average molecular weight is 463 g/mol. The van der Waals surface area contributed by atoms with E-state index in [0.29, 0.717) is 18.3 Å². The summed E-state index contributed by atoms with van der Waals surface area (Å²) in [6, 6.07) is 30.6. The van der Waals surface area contributed by atoms with Gasteiger partial charge in [0.25, 0.3) is 0 Å². The molecule has 0 heterocycles. The average Bonchev–Trinajstić information content (AvgIpc) is 2.91. The lowest BCUT2D eigenvalue weighted by atomic mass is 9.59. The number of hydrogen-bond acceptors (Lipinski definition) is 4. The minimum Gasteiger partial charge on any atom is -0.465 e. The Morgan fingerprint density at radius 2 is 1.29 bits per heavy atom. The van der Waals surface area contributed by atoms with Gasteiger partial charge >= 0.3 is 11.9 Å². The molecule has 0 amide bonds. The fourth-order valence-electron chi connectivity index (χ4n) is 5.86. The Morgan fingerprint density at radius 3 is 2.03 bits per heavy atom. The molecule has 2 bridgehead atoms. The Morgan fingerprint density at radius 1 is 0.686 bits per heavy atom. The van der Waals surface area contributed by atoms with Gasteiger partial charge in [0.15, 0.2) is 0 Å². The summed E-state index contributed by atoms with van der Waals surface area (Å²) >= 11 is 0. The van der Waals surface area contributed by atoms with Crippen LogP contribution in [0.1, 0.15) is 53.4 Å². The van der Waals surface area contributed by atoms with Crippen LogP contribution in [0, 0.1) is 5.92 Å². The standard InChI is InChI=1S/C31H26O4/c32-29(16-17-30(33)35-28-15-7-9-20-8-1-2-10-22(20)28)34-19-21-18-27-23-11-3-5-13-25(23)31(21)26-14-6-4-12-24(26)27/h1-15,21,27,31H,16-19H2. The minimum atomic E-state index is -0.433. The van der Waals surface area contributed by atoms with Crippen molar-refractivity contribution in [3.05, 3.63) is 113 Å². The number of hydrogen-bond donors (Lipinski definition) is 0. The number of benzene rings is 4. The van der Waals surface area contributed by atoms with E-state index in [1.54, 1.807) is 6.07 Å². The van der Waals surface area contributed by atoms with Crippen molar-refractivity contribution in [3.8, 4) is 5.75 Å². The SMILES string of the molecule is O=C(CCC(=O)Oc1cccc2ccccc12)OCC1CC2c3ccccc3C1c1ccccc12. The third-order valence-electron chi connectivity index (χ3n) is 7.39. The smallest absolute Gasteiger partial charge is 0.311 e. The fraction of sp³-hybridized carbons (Fsp3) is 0.226. The van der Waals surface area contributed by atoms with Crippen molar-refractivity contribution in [1.29, 1.82) is 0 Å². The number of fused-ring (bicyclic) bond motifs is 2. The van der Waals surface area contributed by atoms with Crippen LogP contribution in [-0.2, 0) is 14.3 Å². The van der Waals surface area contributed by atoms with Gasteiger partial charge in [-0.15, -0.1) is 0 Å². The van der Waals surface area contributed by atoms with Gasteiger partial charge in [0.05, 0.1) is 19.4 Å². The van der Waals surface area contributed by atoms with E-state index in [9.17, 15) is 9.59 Å². The zero-order chi connectivity index (χ0) is 23.8. The molecule has 1 unspecified atom stereocenters. The van der Waals surface area contributed by atoms with Crippen molar-refractivity contribution in [2.75, 3.05) is 6.61 Å². The van der Waals surface area contributed by atoms with Crippen molar-refractivity contribution in [2.24, 2.45) is 5.92 Å². The zero-order valence-corrected chi connectivity index (χ0v) is 19.4. The molecule has 3 aliphatic rings. The van der Waals surface area contributed by atoms with Crippen molar-refractivity contribution >= 4 is 22.7 Å². The molecule has 0 saturated heterocycles. The maximum absolute atomic E-state index is 12.5. The van der Waals surface area contributed by atoms with E-state index >= 15 is 0 Å². The first-order chi connectivity index (χ1) is 17.2. The molecule has 7 rings (SSSR count). The van der Waals surface area contributed by atoms with Crippen molar-refractivity contribution in [1.82, 2.24) is 0 Å². The Hall–Kier alpha value is -3.92. The molecule has 0 saturated carbocycles. The molecule has 4 heteroatoms. The van der Waals surface area contributed by atoms with Crippen LogP contribution < -0.4 is 4.74 Å². The molecule has 4 nitrogen and oxygen atoms in total. The third-order valence-corrected chi connectivity index (χ3v) is 7.39. The molecule has 0 aliphatic heterocycles. The van der Waals surface area contributed by atoms with Gasteiger partial charge in [-0.2, -0.15) is 0 Å². The summed E-state index contributed by atoms with van der Waals surface area (Å²) in [7, 11) is 0. The molecule has 4 aromatic rings. The van der Waals surface area contributed by atoms with Crippen molar-refractivity contribution in [2.45, 2.75) is 31.1 Å². The highest BCUT2D eigenvalue weighted by Crippen LogP contribution is 2.55. The van der Waals surface area contributed by atoms with Crippen molar-refractivity contribution < 1.29 is 19.1 Å².